The highest BCUT2D eigenvalue weighted by Crippen LogP contribution is 2.31. The van der Waals surface area contributed by atoms with Gasteiger partial charge in [0, 0.05) is 24.7 Å². The summed E-state index contributed by atoms with van der Waals surface area (Å²) >= 11 is 0. The minimum Gasteiger partial charge on any atom is -0.493 e. The van der Waals surface area contributed by atoms with E-state index in [0.717, 1.165) is 0 Å². The Balaban J connectivity index is 1.90. The summed E-state index contributed by atoms with van der Waals surface area (Å²) in [6.45, 7) is 1.78. The number of methoxy groups -OCH3 is 2. The van der Waals surface area contributed by atoms with E-state index >= 15 is 0 Å². The first-order chi connectivity index (χ1) is 11.7. The molecule has 1 aliphatic rings. The fourth-order valence-corrected chi connectivity index (χ4v) is 2.29. The van der Waals surface area contributed by atoms with Crippen LogP contribution >= 0.6 is 0 Å². The van der Waals surface area contributed by atoms with Crippen molar-refractivity contribution in [2.45, 2.75) is 0 Å². The van der Waals surface area contributed by atoms with Gasteiger partial charge >= 0.3 is 5.97 Å². The van der Waals surface area contributed by atoms with Crippen LogP contribution in [0.25, 0.3) is 6.08 Å². The normalized spacial score (nSPS) is 14.5. The van der Waals surface area contributed by atoms with Gasteiger partial charge in [-0.15, -0.1) is 0 Å². The number of amides is 1. The van der Waals surface area contributed by atoms with Gasteiger partial charge in [-0.25, -0.2) is 4.79 Å². The van der Waals surface area contributed by atoms with Gasteiger partial charge < -0.3 is 23.8 Å². The Bertz CT molecular complexity index is 607. The van der Waals surface area contributed by atoms with Crippen molar-refractivity contribution >= 4 is 18.0 Å². The highest BCUT2D eigenvalue weighted by atomic mass is 16.5. The molecule has 0 radical (unpaired) electrons. The number of hydrogen-bond acceptors (Lipinski definition) is 6. The number of carbonyl (C=O) groups excluding carboxylic acids is 2. The zero-order valence-electron chi connectivity index (χ0n) is 13.8. The fourth-order valence-electron chi connectivity index (χ4n) is 2.29. The summed E-state index contributed by atoms with van der Waals surface area (Å²) in [6.07, 6.45) is 2.81. The second kappa shape index (κ2) is 8.93. The van der Waals surface area contributed by atoms with Crippen LogP contribution in [0.5, 0.6) is 11.5 Å². The summed E-state index contributed by atoms with van der Waals surface area (Å²) in [4.78, 5) is 25.3. The molecule has 0 saturated carbocycles. The maximum absolute atomic E-state index is 11.9. The summed E-state index contributed by atoms with van der Waals surface area (Å²) < 4.78 is 20.6. The number of hydrogen-bond donors (Lipinski definition) is 0. The molecule has 1 aromatic rings. The van der Waals surface area contributed by atoms with E-state index in [1.54, 1.807) is 29.2 Å². The zero-order chi connectivity index (χ0) is 17.4. The van der Waals surface area contributed by atoms with Crippen LogP contribution in [0.15, 0.2) is 24.3 Å². The van der Waals surface area contributed by atoms with Crippen LogP contribution in [-0.2, 0) is 19.1 Å². The molecule has 0 bridgehead atoms. The van der Waals surface area contributed by atoms with Gasteiger partial charge in [-0.2, -0.15) is 0 Å². The molecule has 24 heavy (non-hydrogen) atoms. The van der Waals surface area contributed by atoms with E-state index < -0.39 is 5.97 Å². The standard InChI is InChI=1S/C17H21NO6/c1-21-14-5-3-4-13(17(14)22-2)6-7-16(20)24-12-15(19)18-8-10-23-11-9-18/h3-7H,8-12H2,1-2H3/b7-6+. The second-order valence-electron chi connectivity index (χ2n) is 5.02. The van der Waals surface area contributed by atoms with E-state index in [9.17, 15) is 9.59 Å². The van der Waals surface area contributed by atoms with Crippen LogP contribution in [-0.4, -0.2) is 63.9 Å². The Labute approximate surface area is 140 Å². The largest absolute Gasteiger partial charge is 0.493 e. The summed E-state index contributed by atoms with van der Waals surface area (Å²) in [7, 11) is 3.06. The van der Waals surface area contributed by atoms with Gasteiger partial charge in [0.2, 0.25) is 0 Å². The number of morpholine rings is 1. The van der Waals surface area contributed by atoms with Crippen molar-refractivity contribution in [3.63, 3.8) is 0 Å². The first kappa shape index (κ1) is 17.8. The minimum absolute atomic E-state index is 0.223. The lowest BCUT2D eigenvalue weighted by atomic mass is 10.1. The van der Waals surface area contributed by atoms with Gasteiger partial charge in [0.25, 0.3) is 5.91 Å². The second-order valence-corrected chi connectivity index (χ2v) is 5.02. The van der Waals surface area contributed by atoms with Crippen LogP contribution in [0.1, 0.15) is 5.56 Å². The van der Waals surface area contributed by atoms with Crippen molar-refractivity contribution in [1.82, 2.24) is 4.90 Å². The van der Waals surface area contributed by atoms with Gasteiger partial charge in [-0.1, -0.05) is 12.1 Å². The number of esters is 1. The molecule has 7 heteroatoms. The lowest BCUT2D eigenvalue weighted by Gasteiger charge is -2.26. The van der Waals surface area contributed by atoms with E-state index in [-0.39, 0.29) is 12.5 Å². The minimum atomic E-state index is -0.596. The molecule has 1 aromatic carbocycles. The van der Waals surface area contributed by atoms with Crippen molar-refractivity contribution in [2.75, 3.05) is 47.1 Å². The Hall–Kier alpha value is -2.54. The number of benzene rings is 1. The van der Waals surface area contributed by atoms with E-state index in [0.29, 0.717) is 43.4 Å². The van der Waals surface area contributed by atoms with E-state index in [2.05, 4.69) is 0 Å². The lowest BCUT2D eigenvalue weighted by Crippen LogP contribution is -2.42. The van der Waals surface area contributed by atoms with Crippen molar-refractivity contribution in [3.05, 3.63) is 29.8 Å². The Morgan fingerprint density at radius 1 is 1.21 bits per heavy atom. The third-order valence-electron chi connectivity index (χ3n) is 3.53. The number of ether oxygens (including phenoxy) is 4. The van der Waals surface area contributed by atoms with Crippen LogP contribution in [0.3, 0.4) is 0 Å². The molecular weight excluding hydrogens is 314 g/mol. The molecule has 2 rings (SSSR count). The third kappa shape index (κ3) is 4.73. The first-order valence-electron chi connectivity index (χ1n) is 7.57. The van der Waals surface area contributed by atoms with Gasteiger partial charge in [0.1, 0.15) is 0 Å². The molecule has 1 heterocycles. The van der Waals surface area contributed by atoms with E-state index in [1.165, 1.54) is 20.3 Å². The van der Waals surface area contributed by atoms with Crippen molar-refractivity contribution in [1.29, 1.82) is 0 Å². The molecule has 0 unspecified atom stereocenters. The third-order valence-corrected chi connectivity index (χ3v) is 3.53. The average molecular weight is 335 g/mol. The van der Waals surface area contributed by atoms with E-state index in [1.807, 2.05) is 0 Å². The molecule has 1 aliphatic heterocycles. The first-order valence-corrected chi connectivity index (χ1v) is 7.57. The number of para-hydroxylation sites is 1. The summed E-state index contributed by atoms with van der Waals surface area (Å²) in [5.74, 6) is 0.268. The highest BCUT2D eigenvalue weighted by Gasteiger charge is 2.17. The van der Waals surface area contributed by atoms with Gasteiger partial charge in [0.15, 0.2) is 18.1 Å². The molecule has 1 fully saturated rings. The molecule has 0 N–H and O–H groups in total. The Morgan fingerprint density at radius 2 is 1.96 bits per heavy atom. The topological polar surface area (TPSA) is 74.3 Å². The van der Waals surface area contributed by atoms with Crippen LogP contribution < -0.4 is 9.47 Å². The molecule has 1 saturated heterocycles. The Kier molecular flexibility index (Phi) is 6.62. The smallest absolute Gasteiger partial charge is 0.331 e. The maximum Gasteiger partial charge on any atom is 0.331 e. The predicted molar refractivity (Wildman–Crippen MR) is 86.9 cm³/mol. The number of nitrogens with zero attached hydrogens (tertiary/aromatic N) is 1. The monoisotopic (exact) mass is 335 g/mol. The quantitative estimate of drug-likeness (QED) is 0.573. The van der Waals surface area contributed by atoms with Gasteiger partial charge in [-0.3, -0.25) is 4.79 Å². The molecule has 130 valence electrons. The molecule has 0 spiro atoms. The molecule has 7 nitrogen and oxygen atoms in total. The Morgan fingerprint density at radius 3 is 2.62 bits per heavy atom. The van der Waals surface area contributed by atoms with Gasteiger partial charge in [-0.05, 0) is 12.1 Å². The number of carbonyl (C=O) groups is 2. The average Bonchev–Trinajstić information content (AvgIpc) is 2.64. The van der Waals surface area contributed by atoms with Crippen molar-refractivity contribution in [3.8, 4) is 11.5 Å². The van der Waals surface area contributed by atoms with Crippen LogP contribution in [0, 0.1) is 0 Å². The van der Waals surface area contributed by atoms with Crippen molar-refractivity contribution in [2.24, 2.45) is 0 Å². The predicted octanol–water partition coefficient (Wildman–Crippen LogP) is 1.12. The zero-order valence-corrected chi connectivity index (χ0v) is 13.8. The lowest BCUT2D eigenvalue weighted by molar-refractivity contribution is -0.150. The molecule has 0 aromatic heterocycles. The van der Waals surface area contributed by atoms with Crippen molar-refractivity contribution < 1.29 is 28.5 Å². The van der Waals surface area contributed by atoms with Gasteiger partial charge in [0.05, 0.1) is 27.4 Å². The molecule has 1 amide bonds. The maximum atomic E-state index is 11.9. The molecular formula is C17H21NO6. The molecule has 0 aliphatic carbocycles. The molecule has 0 atom stereocenters. The summed E-state index contributed by atoms with van der Waals surface area (Å²) in [5, 5.41) is 0. The van der Waals surface area contributed by atoms with Crippen LogP contribution in [0.4, 0.5) is 0 Å². The summed E-state index contributed by atoms with van der Waals surface area (Å²) in [5.41, 5.74) is 0.674. The van der Waals surface area contributed by atoms with E-state index in [4.69, 9.17) is 18.9 Å². The fraction of sp³-hybridized carbons (Fsp3) is 0.412. The van der Waals surface area contributed by atoms with Crippen LogP contribution in [0.2, 0.25) is 0 Å². The number of rotatable bonds is 6. The summed E-state index contributed by atoms with van der Waals surface area (Å²) in [6, 6.07) is 5.33. The SMILES string of the molecule is COc1cccc(/C=C/C(=O)OCC(=O)N2CCOCC2)c1OC. The highest BCUT2D eigenvalue weighted by molar-refractivity contribution is 5.89.